The summed E-state index contributed by atoms with van der Waals surface area (Å²) in [6.07, 6.45) is -0.938. The molecule has 0 aliphatic carbocycles. The van der Waals surface area contributed by atoms with Crippen LogP contribution in [0.15, 0.2) is 81.9 Å². The average Bonchev–Trinajstić information content (AvgIpc) is 3.47. The standard InChI is InChI=1S/C24H19NO4S/c26-18(22-10-9-19(28-22)15-11-12-30-14-15)13-25-24(27)23-16-5-1-3-7-20(16)29-21-8-4-2-6-17(21)23/h1-12,14,18,23,26H,13H2,(H,25,27)/t18-/m1/s1. The Morgan fingerprint density at radius 3 is 2.37 bits per heavy atom. The van der Waals surface area contributed by atoms with Crippen LogP contribution >= 0.6 is 11.3 Å². The Hall–Kier alpha value is -3.35. The molecule has 1 aliphatic heterocycles. The maximum Gasteiger partial charge on any atom is 0.232 e. The molecular formula is C24H19NO4S. The number of thiophene rings is 1. The van der Waals surface area contributed by atoms with Crippen LogP contribution in [0.3, 0.4) is 0 Å². The smallest absolute Gasteiger partial charge is 0.232 e. The molecule has 0 radical (unpaired) electrons. The predicted molar refractivity (Wildman–Crippen MR) is 115 cm³/mol. The molecule has 1 aliphatic rings. The highest BCUT2D eigenvalue weighted by atomic mass is 32.1. The van der Waals surface area contributed by atoms with Gasteiger partial charge in [-0.3, -0.25) is 4.79 Å². The highest BCUT2D eigenvalue weighted by molar-refractivity contribution is 7.08. The summed E-state index contributed by atoms with van der Waals surface area (Å²) >= 11 is 1.58. The van der Waals surface area contributed by atoms with Gasteiger partial charge in [-0.15, -0.1) is 0 Å². The fourth-order valence-electron chi connectivity index (χ4n) is 3.68. The second-order valence-corrected chi connectivity index (χ2v) is 7.87. The number of amides is 1. The Bertz CT molecular complexity index is 1140. The van der Waals surface area contributed by atoms with Crippen molar-refractivity contribution in [3.8, 4) is 22.8 Å². The van der Waals surface area contributed by atoms with Crippen molar-refractivity contribution in [2.24, 2.45) is 0 Å². The van der Waals surface area contributed by atoms with Gasteiger partial charge in [0.15, 0.2) is 0 Å². The van der Waals surface area contributed by atoms with Gasteiger partial charge in [0.05, 0.1) is 12.5 Å². The molecule has 30 heavy (non-hydrogen) atoms. The largest absolute Gasteiger partial charge is 0.458 e. The van der Waals surface area contributed by atoms with E-state index in [1.54, 1.807) is 17.4 Å². The molecule has 5 nitrogen and oxygen atoms in total. The minimum absolute atomic E-state index is 0.0527. The Balaban J connectivity index is 1.34. The Kier molecular flexibility index (Phi) is 4.86. The van der Waals surface area contributed by atoms with Gasteiger partial charge in [-0.2, -0.15) is 11.3 Å². The zero-order chi connectivity index (χ0) is 20.5. The average molecular weight is 417 g/mol. The van der Waals surface area contributed by atoms with Crippen molar-refractivity contribution in [3.05, 3.63) is 94.4 Å². The Morgan fingerprint density at radius 1 is 1.00 bits per heavy atom. The lowest BCUT2D eigenvalue weighted by Crippen LogP contribution is -2.34. The lowest BCUT2D eigenvalue weighted by atomic mass is 9.87. The molecule has 5 rings (SSSR count). The molecule has 2 aromatic carbocycles. The van der Waals surface area contributed by atoms with Gasteiger partial charge in [-0.25, -0.2) is 0 Å². The number of carbonyl (C=O) groups is 1. The van der Waals surface area contributed by atoms with Crippen molar-refractivity contribution >= 4 is 17.2 Å². The van der Waals surface area contributed by atoms with E-state index in [0.29, 0.717) is 23.0 Å². The maximum absolute atomic E-state index is 13.1. The summed E-state index contributed by atoms with van der Waals surface area (Å²) in [7, 11) is 0. The van der Waals surface area contributed by atoms with Crippen LogP contribution in [0.4, 0.5) is 0 Å². The number of ether oxygens (including phenoxy) is 1. The lowest BCUT2D eigenvalue weighted by Gasteiger charge is -2.27. The van der Waals surface area contributed by atoms with E-state index in [2.05, 4.69) is 5.32 Å². The van der Waals surface area contributed by atoms with E-state index in [9.17, 15) is 9.90 Å². The number of carbonyl (C=O) groups excluding carboxylic acids is 1. The molecule has 0 spiro atoms. The van der Waals surface area contributed by atoms with Crippen LogP contribution in [-0.2, 0) is 4.79 Å². The molecule has 0 fully saturated rings. The quantitative estimate of drug-likeness (QED) is 0.474. The van der Waals surface area contributed by atoms with Gasteiger partial charge in [0.2, 0.25) is 5.91 Å². The SMILES string of the molecule is O=C(NC[C@@H](O)c1ccc(-c2ccsc2)o1)C1c2ccccc2Oc2ccccc21. The van der Waals surface area contributed by atoms with Crippen LogP contribution in [0.25, 0.3) is 11.3 Å². The van der Waals surface area contributed by atoms with E-state index in [4.69, 9.17) is 9.15 Å². The van der Waals surface area contributed by atoms with Crippen LogP contribution in [0.1, 0.15) is 28.9 Å². The van der Waals surface area contributed by atoms with Crippen LogP contribution < -0.4 is 10.1 Å². The van der Waals surface area contributed by atoms with Crippen molar-refractivity contribution in [1.82, 2.24) is 5.32 Å². The molecule has 1 amide bonds. The molecule has 6 heteroatoms. The number of aliphatic hydroxyl groups excluding tert-OH is 1. The number of furan rings is 1. The summed E-state index contributed by atoms with van der Waals surface area (Å²) < 4.78 is 11.7. The van der Waals surface area contributed by atoms with E-state index >= 15 is 0 Å². The molecule has 0 saturated carbocycles. The number of nitrogens with one attached hydrogen (secondary N) is 1. The fourth-order valence-corrected chi connectivity index (χ4v) is 4.33. The molecular weight excluding hydrogens is 398 g/mol. The first-order valence-corrected chi connectivity index (χ1v) is 10.6. The molecule has 150 valence electrons. The van der Waals surface area contributed by atoms with Crippen LogP contribution in [0.2, 0.25) is 0 Å². The molecule has 4 aromatic rings. The predicted octanol–water partition coefficient (Wildman–Crippen LogP) is 5.10. The Morgan fingerprint density at radius 2 is 1.70 bits per heavy atom. The summed E-state index contributed by atoms with van der Waals surface area (Å²) in [5, 5.41) is 17.4. The van der Waals surface area contributed by atoms with Gasteiger partial charge in [-0.05, 0) is 35.7 Å². The third-order valence-electron chi connectivity index (χ3n) is 5.17. The summed E-state index contributed by atoms with van der Waals surface area (Å²) in [4.78, 5) is 13.1. The van der Waals surface area contributed by atoms with Crippen molar-refractivity contribution in [2.45, 2.75) is 12.0 Å². The number of benzene rings is 2. The van der Waals surface area contributed by atoms with Gasteiger partial charge in [0.25, 0.3) is 0 Å². The highest BCUT2D eigenvalue weighted by Gasteiger charge is 2.32. The second-order valence-electron chi connectivity index (χ2n) is 7.09. The van der Waals surface area contributed by atoms with Crippen LogP contribution in [-0.4, -0.2) is 17.6 Å². The van der Waals surface area contributed by atoms with Gasteiger partial charge in [0.1, 0.15) is 29.1 Å². The first kappa shape index (κ1) is 18.7. The van der Waals surface area contributed by atoms with Crippen molar-refractivity contribution in [3.63, 3.8) is 0 Å². The minimum Gasteiger partial charge on any atom is -0.458 e. The number of para-hydroxylation sites is 2. The van der Waals surface area contributed by atoms with Crippen molar-refractivity contribution in [2.75, 3.05) is 6.54 Å². The zero-order valence-corrected chi connectivity index (χ0v) is 16.8. The third-order valence-corrected chi connectivity index (χ3v) is 5.86. The minimum atomic E-state index is -0.938. The van der Waals surface area contributed by atoms with Gasteiger partial charge in [-0.1, -0.05) is 36.4 Å². The maximum atomic E-state index is 13.1. The zero-order valence-electron chi connectivity index (χ0n) is 15.9. The van der Waals surface area contributed by atoms with E-state index in [0.717, 1.165) is 16.7 Å². The molecule has 2 aromatic heterocycles. The lowest BCUT2D eigenvalue weighted by molar-refractivity contribution is -0.122. The van der Waals surface area contributed by atoms with Crippen LogP contribution in [0.5, 0.6) is 11.5 Å². The van der Waals surface area contributed by atoms with E-state index < -0.39 is 12.0 Å². The summed E-state index contributed by atoms with van der Waals surface area (Å²) in [5.74, 6) is 1.76. The van der Waals surface area contributed by atoms with E-state index in [-0.39, 0.29) is 12.5 Å². The summed E-state index contributed by atoms with van der Waals surface area (Å²) in [5.41, 5.74) is 2.58. The van der Waals surface area contributed by atoms with Crippen LogP contribution in [0, 0.1) is 0 Å². The number of aliphatic hydroxyl groups is 1. The summed E-state index contributed by atoms with van der Waals surface area (Å²) in [6.45, 7) is 0.0527. The highest BCUT2D eigenvalue weighted by Crippen LogP contribution is 2.43. The number of hydrogen-bond donors (Lipinski definition) is 2. The Labute approximate surface area is 177 Å². The number of fused-ring (bicyclic) bond motifs is 2. The van der Waals surface area contributed by atoms with E-state index in [1.165, 1.54) is 0 Å². The number of hydrogen-bond acceptors (Lipinski definition) is 5. The molecule has 0 saturated heterocycles. The number of rotatable bonds is 5. The first-order chi connectivity index (χ1) is 14.7. The fraction of sp³-hybridized carbons (Fsp3) is 0.125. The molecule has 3 heterocycles. The van der Waals surface area contributed by atoms with Gasteiger partial charge < -0.3 is 19.6 Å². The summed E-state index contributed by atoms with van der Waals surface area (Å²) in [6, 6.07) is 20.6. The van der Waals surface area contributed by atoms with Gasteiger partial charge in [0, 0.05) is 22.1 Å². The monoisotopic (exact) mass is 417 g/mol. The normalized spacial score (nSPS) is 13.8. The molecule has 1 atom stereocenters. The first-order valence-electron chi connectivity index (χ1n) is 9.64. The third kappa shape index (κ3) is 3.40. The molecule has 0 unspecified atom stereocenters. The molecule has 2 N–H and O–H groups in total. The van der Waals surface area contributed by atoms with Crippen molar-refractivity contribution in [1.29, 1.82) is 0 Å². The molecule has 0 bridgehead atoms. The van der Waals surface area contributed by atoms with Crippen molar-refractivity contribution < 1.29 is 19.1 Å². The van der Waals surface area contributed by atoms with E-state index in [1.807, 2.05) is 71.4 Å². The van der Waals surface area contributed by atoms with Gasteiger partial charge >= 0.3 is 0 Å². The second kappa shape index (κ2) is 7.82. The topological polar surface area (TPSA) is 71.7 Å².